The molecule has 0 amide bonds. The number of rotatable bonds is 2. The van der Waals surface area contributed by atoms with Gasteiger partial charge in [-0.25, -0.2) is 15.6 Å². The monoisotopic (exact) mass is 351 g/mol. The third-order valence-electron chi connectivity index (χ3n) is 3.79. The summed E-state index contributed by atoms with van der Waals surface area (Å²) in [6.45, 7) is 21.3. The van der Waals surface area contributed by atoms with Gasteiger partial charge in [-0.05, 0) is 12.3 Å². The lowest BCUT2D eigenvalue weighted by Gasteiger charge is -2.25. The van der Waals surface area contributed by atoms with Gasteiger partial charge < -0.3 is 20.7 Å². The van der Waals surface area contributed by atoms with Crippen molar-refractivity contribution in [3.63, 3.8) is 0 Å². The van der Waals surface area contributed by atoms with Crippen molar-refractivity contribution >= 4 is 22.9 Å². The molecule has 0 saturated carbocycles. The molecule has 3 rings (SSSR count). The molecule has 0 radical (unpaired) electrons. The second-order valence-electron chi connectivity index (χ2n) is 8.20. The van der Waals surface area contributed by atoms with Gasteiger partial charge >= 0.3 is 0 Å². The first-order chi connectivity index (χ1) is 12.0. The number of fused-ring (bicyclic) bond motifs is 1. The van der Waals surface area contributed by atoms with E-state index in [1.54, 1.807) is 6.92 Å². The summed E-state index contributed by atoms with van der Waals surface area (Å²) in [7, 11) is 0. The maximum atomic E-state index is 7.46. The maximum Gasteiger partial charge on any atom is 0.202 e. The zero-order chi connectivity index (χ0) is 19.3. The van der Waals surface area contributed by atoms with E-state index in [4.69, 9.17) is 6.57 Å². The highest BCUT2D eigenvalue weighted by atomic mass is 15.6. The minimum atomic E-state index is -0.295. The second kappa shape index (κ2) is 5.76. The van der Waals surface area contributed by atoms with Crippen LogP contribution in [0.25, 0.3) is 10.3 Å². The molecule has 0 aliphatic carbocycles. The van der Waals surface area contributed by atoms with Crippen molar-refractivity contribution in [3.05, 3.63) is 34.2 Å². The van der Waals surface area contributed by atoms with Crippen molar-refractivity contribution in [2.75, 3.05) is 0 Å². The van der Waals surface area contributed by atoms with Gasteiger partial charge in [0.15, 0.2) is 11.5 Å². The van der Waals surface area contributed by atoms with Crippen LogP contribution >= 0.6 is 0 Å². The van der Waals surface area contributed by atoms with E-state index in [0.29, 0.717) is 28.7 Å². The Hall–Kier alpha value is -3.02. The summed E-state index contributed by atoms with van der Waals surface area (Å²) in [5.41, 5.74) is 5.85. The molecule has 0 unspecified atom stereocenters. The van der Waals surface area contributed by atoms with Gasteiger partial charge in [-0.1, -0.05) is 41.5 Å². The summed E-state index contributed by atoms with van der Waals surface area (Å²) in [4.78, 5) is 9.41. The Kier molecular flexibility index (Phi) is 3.94. The molecule has 9 nitrogen and oxygen atoms in total. The van der Waals surface area contributed by atoms with Crippen molar-refractivity contribution in [2.45, 2.75) is 53.9 Å². The minimum absolute atomic E-state index is 0.209. The Morgan fingerprint density at radius 3 is 2.42 bits per heavy atom. The van der Waals surface area contributed by atoms with Crippen LogP contribution in [0.2, 0.25) is 0 Å². The Morgan fingerprint density at radius 1 is 1.15 bits per heavy atom. The Labute approximate surface area is 152 Å². The zero-order valence-corrected chi connectivity index (χ0v) is 16.0. The van der Waals surface area contributed by atoms with E-state index in [0.717, 1.165) is 5.71 Å². The Morgan fingerprint density at radius 2 is 1.85 bits per heavy atom. The Bertz CT molecular complexity index is 952. The number of aromatic nitrogens is 5. The highest BCUT2D eigenvalue weighted by Crippen LogP contribution is 2.38. The van der Waals surface area contributed by atoms with Crippen molar-refractivity contribution in [1.82, 2.24) is 25.1 Å². The first kappa shape index (κ1) is 17.8. The molecule has 0 N–H and O–H groups in total. The van der Waals surface area contributed by atoms with Crippen molar-refractivity contribution in [3.8, 4) is 0 Å². The summed E-state index contributed by atoms with van der Waals surface area (Å²) < 4.78 is 0. The normalized spacial score (nSPS) is 15.8. The molecule has 0 atom stereocenters. The summed E-state index contributed by atoms with van der Waals surface area (Å²) in [6, 6.07) is 0. The standard InChI is InChI=1S/C17H21N9/c1-9-19-15-11(13(17(5,6)7)25-26(15)24-9)20-22-14-10(18-8)12(21-23-14)16(2,3)4/h1-7H3/q-2. The second-order valence-corrected chi connectivity index (χ2v) is 8.20. The first-order valence-corrected chi connectivity index (χ1v) is 8.26. The largest absolute Gasteiger partial charge is 0.605 e. The molecule has 2 aromatic rings. The van der Waals surface area contributed by atoms with E-state index in [9.17, 15) is 0 Å². The molecule has 0 aromatic carbocycles. The van der Waals surface area contributed by atoms with Crippen LogP contribution < -0.4 is 5.10 Å². The van der Waals surface area contributed by atoms with Crippen LogP contribution in [0.1, 0.15) is 58.9 Å². The zero-order valence-electron chi connectivity index (χ0n) is 16.0. The molecular weight excluding hydrogens is 330 g/mol. The summed E-state index contributed by atoms with van der Waals surface area (Å²) in [6.07, 6.45) is 0. The summed E-state index contributed by atoms with van der Waals surface area (Å²) in [5, 5.41) is 21.3. The van der Waals surface area contributed by atoms with Gasteiger partial charge in [0.1, 0.15) is 5.71 Å². The van der Waals surface area contributed by atoms with E-state index in [2.05, 4.69) is 40.8 Å². The number of aryl methyl sites for hydroxylation is 1. The maximum absolute atomic E-state index is 7.46. The van der Waals surface area contributed by atoms with Gasteiger partial charge in [0.2, 0.25) is 5.82 Å². The molecule has 136 valence electrons. The minimum Gasteiger partial charge on any atom is -0.605 e. The van der Waals surface area contributed by atoms with Crippen LogP contribution in [0.15, 0.2) is 10.2 Å². The van der Waals surface area contributed by atoms with Gasteiger partial charge in [-0.15, -0.1) is 9.89 Å². The van der Waals surface area contributed by atoms with Gasteiger partial charge in [-0.2, -0.15) is 5.10 Å². The molecule has 0 saturated heterocycles. The third kappa shape index (κ3) is 2.98. The van der Waals surface area contributed by atoms with E-state index >= 15 is 0 Å². The molecule has 1 aliphatic rings. The van der Waals surface area contributed by atoms with E-state index in [-0.39, 0.29) is 16.6 Å². The van der Waals surface area contributed by atoms with Crippen LogP contribution in [0.3, 0.4) is 0 Å². The van der Waals surface area contributed by atoms with E-state index in [1.165, 1.54) is 4.79 Å². The molecule has 0 spiro atoms. The van der Waals surface area contributed by atoms with Crippen LogP contribution in [0, 0.1) is 18.9 Å². The van der Waals surface area contributed by atoms with Gasteiger partial charge in [0.05, 0.1) is 12.3 Å². The van der Waals surface area contributed by atoms with Gasteiger partial charge in [0, 0.05) is 11.1 Å². The quantitative estimate of drug-likeness (QED) is 0.610. The lowest BCUT2D eigenvalue weighted by atomic mass is 9.87. The topological polar surface area (TPSA) is 101 Å². The lowest BCUT2D eigenvalue weighted by Crippen LogP contribution is -2.27. The number of hydrogen-bond donors (Lipinski definition) is 0. The molecule has 1 aliphatic heterocycles. The third-order valence-corrected chi connectivity index (χ3v) is 3.79. The van der Waals surface area contributed by atoms with Crippen LogP contribution in [-0.2, 0) is 5.41 Å². The average molecular weight is 351 g/mol. The smallest absolute Gasteiger partial charge is 0.202 e. The molecule has 0 bridgehead atoms. The number of hydrogen-bond acceptors (Lipinski definition) is 5. The fraction of sp³-hybridized carbons (Fsp3) is 0.529. The highest BCUT2D eigenvalue weighted by Gasteiger charge is 2.33. The molecule has 9 heteroatoms. The Balaban J connectivity index is 2.01. The van der Waals surface area contributed by atoms with E-state index < -0.39 is 0 Å². The van der Waals surface area contributed by atoms with Gasteiger partial charge in [-0.3, -0.25) is 0 Å². The molecule has 3 heterocycles. The van der Waals surface area contributed by atoms with Crippen molar-refractivity contribution in [2.24, 2.45) is 15.6 Å². The van der Waals surface area contributed by atoms with Gasteiger partial charge in [0.25, 0.3) is 0 Å². The summed E-state index contributed by atoms with van der Waals surface area (Å²) in [5.74, 6) is 1.35. The fourth-order valence-electron chi connectivity index (χ4n) is 2.54. The first-order valence-electron chi connectivity index (χ1n) is 8.26. The molecule has 2 aromatic heterocycles. The van der Waals surface area contributed by atoms with Crippen LogP contribution in [0.5, 0.6) is 0 Å². The van der Waals surface area contributed by atoms with Crippen LogP contribution in [0.4, 0.5) is 11.5 Å². The summed E-state index contributed by atoms with van der Waals surface area (Å²) >= 11 is 0. The molecule has 26 heavy (non-hydrogen) atoms. The number of nitrogens with zero attached hydrogens (tertiary/aromatic N) is 9. The van der Waals surface area contributed by atoms with Crippen LogP contribution in [-0.4, -0.2) is 31.4 Å². The highest BCUT2D eigenvalue weighted by molar-refractivity contribution is 6.50. The van der Waals surface area contributed by atoms with E-state index in [1.807, 2.05) is 41.5 Å². The SMILES string of the molecule is [C-]#[N+]c1c(C(C)(C)C)n[n-]c1[N-]N=C1C(C(C)(C)C)=Nn2nc(C)nc21. The molecule has 0 fully saturated rings. The average Bonchev–Trinajstić information content (AvgIpc) is 3.15. The predicted molar refractivity (Wildman–Crippen MR) is 99.1 cm³/mol. The van der Waals surface area contributed by atoms with Crippen molar-refractivity contribution < 1.29 is 0 Å². The lowest BCUT2D eigenvalue weighted by molar-refractivity contribution is 0.568. The van der Waals surface area contributed by atoms with Crippen molar-refractivity contribution in [1.29, 1.82) is 0 Å². The molecular formula is C17H21N9-2. The fourth-order valence-corrected chi connectivity index (χ4v) is 2.54. The predicted octanol–water partition coefficient (Wildman–Crippen LogP) is 3.46.